The summed E-state index contributed by atoms with van der Waals surface area (Å²) < 4.78 is 13.9. The van der Waals surface area contributed by atoms with E-state index in [0.717, 1.165) is 27.6 Å². The Morgan fingerprint density at radius 2 is 1.88 bits per heavy atom. The van der Waals surface area contributed by atoms with Gasteiger partial charge in [-0.15, -0.1) is 0 Å². The van der Waals surface area contributed by atoms with Crippen LogP contribution < -0.4 is 10.7 Å². The van der Waals surface area contributed by atoms with E-state index in [1.165, 1.54) is 0 Å². The number of hydrogen-bond donors (Lipinski definition) is 1. The summed E-state index contributed by atoms with van der Waals surface area (Å²) in [6.45, 7) is 11.0. The van der Waals surface area contributed by atoms with Crippen LogP contribution in [0, 0.1) is 13.8 Å². The lowest BCUT2D eigenvalue weighted by atomic mass is 9.98. The number of carbonyl (C=O) groups is 1. The Hall–Kier alpha value is -4.17. The number of fused-ring (bicyclic) bond motifs is 2. The van der Waals surface area contributed by atoms with E-state index in [4.69, 9.17) is 20.8 Å². The van der Waals surface area contributed by atoms with Crippen LogP contribution in [0.4, 0.5) is 5.69 Å². The van der Waals surface area contributed by atoms with Crippen molar-refractivity contribution in [3.05, 3.63) is 86.4 Å². The van der Waals surface area contributed by atoms with Gasteiger partial charge < -0.3 is 14.5 Å². The topological polar surface area (TPSA) is 99.2 Å². The summed E-state index contributed by atoms with van der Waals surface area (Å²) in [5.74, 6) is -0.0859. The van der Waals surface area contributed by atoms with Crippen LogP contribution in [-0.2, 0) is 11.8 Å². The van der Waals surface area contributed by atoms with E-state index in [0.29, 0.717) is 28.0 Å². The number of rotatable bonds is 5. The molecule has 9 heteroatoms. The van der Waals surface area contributed by atoms with E-state index in [2.05, 4.69) is 15.4 Å². The zero-order valence-corrected chi connectivity index (χ0v) is 24.3. The predicted molar refractivity (Wildman–Crippen MR) is 158 cm³/mol. The first-order chi connectivity index (χ1) is 18.8. The van der Waals surface area contributed by atoms with Crippen molar-refractivity contribution in [2.45, 2.75) is 53.2 Å². The Kier molecular flexibility index (Phi) is 6.92. The fraction of sp³-hybridized carbons (Fsp3) is 0.290. The van der Waals surface area contributed by atoms with Crippen molar-refractivity contribution in [2.75, 3.05) is 5.32 Å². The van der Waals surface area contributed by atoms with Gasteiger partial charge in [-0.05, 0) is 83.5 Å². The molecule has 0 aliphatic carbocycles. The van der Waals surface area contributed by atoms with Crippen LogP contribution in [0.3, 0.4) is 0 Å². The number of anilines is 1. The summed E-state index contributed by atoms with van der Waals surface area (Å²) in [7, 11) is 1.89. The van der Waals surface area contributed by atoms with Gasteiger partial charge in [0, 0.05) is 29.1 Å². The molecule has 0 aliphatic heterocycles. The van der Waals surface area contributed by atoms with Crippen LogP contribution in [0.25, 0.3) is 33.2 Å². The van der Waals surface area contributed by atoms with E-state index >= 15 is 0 Å². The molecule has 0 fully saturated rings. The number of nitrogens with one attached hydrogen (secondary N) is 1. The molecule has 0 unspecified atom stereocenters. The number of halogens is 1. The van der Waals surface area contributed by atoms with Crippen LogP contribution >= 0.6 is 11.6 Å². The molecule has 206 valence electrons. The molecular weight excluding hydrogens is 528 g/mol. The number of aryl methyl sites for hydroxylation is 2. The minimum absolute atomic E-state index is 0.0778. The third-order valence-corrected chi connectivity index (χ3v) is 6.90. The maximum absolute atomic E-state index is 13.6. The van der Waals surface area contributed by atoms with Gasteiger partial charge in [-0.3, -0.25) is 9.48 Å². The van der Waals surface area contributed by atoms with Gasteiger partial charge in [0.15, 0.2) is 11.1 Å². The van der Waals surface area contributed by atoms with Crippen LogP contribution in [0.5, 0.6) is 0 Å². The maximum Gasteiger partial charge on any atom is 0.359 e. The third-order valence-electron chi connectivity index (χ3n) is 6.69. The third kappa shape index (κ3) is 5.19. The predicted octanol–water partition coefficient (Wildman–Crippen LogP) is 7.14. The highest BCUT2D eigenvalue weighted by Gasteiger charge is 2.25. The number of aromatic nitrogens is 3. The van der Waals surface area contributed by atoms with Gasteiger partial charge in [0.05, 0.1) is 28.8 Å². The highest BCUT2D eigenvalue weighted by Crippen LogP contribution is 2.34. The van der Waals surface area contributed by atoms with Gasteiger partial charge >= 0.3 is 5.97 Å². The first-order valence-electron chi connectivity index (χ1n) is 13.0. The van der Waals surface area contributed by atoms with Gasteiger partial charge in [0.25, 0.3) is 0 Å². The number of pyridine rings is 1. The summed E-state index contributed by atoms with van der Waals surface area (Å²) in [6, 6.07) is 12.6. The summed E-state index contributed by atoms with van der Waals surface area (Å²) in [5.41, 5.74) is 4.19. The second-order valence-electron chi connectivity index (χ2n) is 11.1. The lowest BCUT2D eigenvalue weighted by Crippen LogP contribution is -2.25. The Labute approximate surface area is 236 Å². The average molecular weight is 559 g/mol. The number of benzene rings is 2. The van der Waals surface area contributed by atoms with Crippen LogP contribution in [-0.4, -0.2) is 26.3 Å². The molecule has 1 N–H and O–H groups in total. The average Bonchev–Trinajstić information content (AvgIpc) is 3.25. The lowest BCUT2D eigenvalue weighted by molar-refractivity contribution is 0.00640. The largest absolute Gasteiger partial charge is 0.455 e. The van der Waals surface area contributed by atoms with Gasteiger partial charge in [0.2, 0.25) is 0 Å². The molecule has 0 spiro atoms. The number of esters is 1. The first kappa shape index (κ1) is 27.4. The van der Waals surface area contributed by atoms with E-state index < -0.39 is 11.6 Å². The number of nitrogens with zero attached hydrogens (tertiary/aromatic N) is 3. The van der Waals surface area contributed by atoms with Crippen molar-refractivity contribution in [1.29, 1.82) is 0 Å². The number of hydrogen-bond acceptors (Lipinski definition) is 7. The monoisotopic (exact) mass is 558 g/mol. The number of carbonyl (C=O) groups excluding carboxylic acids is 1. The van der Waals surface area contributed by atoms with Crippen LogP contribution in [0.15, 0.2) is 57.9 Å². The van der Waals surface area contributed by atoms with Crippen LogP contribution in [0.2, 0.25) is 5.15 Å². The summed E-state index contributed by atoms with van der Waals surface area (Å²) >= 11 is 6.13. The molecule has 5 rings (SSSR count). The van der Waals surface area contributed by atoms with Gasteiger partial charge in [-0.2, -0.15) is 5.10 Å². The van der Waals surface area contributed by atoms with Crippen molar-refractivity contribution < 1.29 is 13.9 Å². The fourth-order valence-electron chi connectivity index (χ4n) is 4.81. The highest BCUT2D eigenvalue weighted by molar-refractivity contribution is 6.29. The second kappa shape index (κ2) is 10.1. The molecular formula is C31H31ClN4O4. The van der Waals surface area contributed by atoms with Gasteiger partial charge in [-0.1, -0.05) is 17.7 Å². The Bertz CT molecular complexity index is 1850. The minimum atomic E-state index is -0.701. The molecule has 0 saturated heterocycles. The smallest absolute Gasteiger partial charge is 0.359 e. The van der Waals surface area contributed by atoms with Crippen molar-refractivity contribution in [3.8, 4) is 11.3 Å². The van der Waals surface area contributed by atoms with Crippen molar-refractivity contribution in [3.63, 3.8) is 0 Å². The fourth-order valence-corrected chi connectivity index (χ4v) is 4.96. The van der Waals surface area contributed by atoms with Crippen molar-refractivity contribution in [2.24, 2.45) is 7.05 Å². The summed E-state index contributed by atoms with van der Waals surface area (Å²) in [5, 5.41) is 9.31. The molecule has 0 amide bonds. The molecule has 2 aromatic carbocycles. The number of ether oxygens (including phenoxy) is 1. The molecule has 3 heterocycles. The molecule has 0 radical (unpaired) electrons. The molecule has 40 heavy (non-hydrogen) atoms. The van der Waals surface area contributed by atoms with Crippen molar-refractivity contribution >= 4 is 45.1 Å². The van der Waals surface area contributed by atoms with E-state index in [1.807, 2.05) is 51.2 Å². The zero-order chi connectivity index (χ0) is 28.9. The molecule has 0 bridgehead atoms. The Balaban J connectivity index is 1.62. The Morgan fingerprint density at radius 1 is 1.12 bits per heavy atom. The van der Waals surface area contributed by atoms with Gasteiger partial charge in [0.1, 0.15) is 22.1 Å². The summed E-state index contributed by atoms with van der Waals surface area (Å²) in [4.78, 5) is 30.8. The zero-order valence-electron chi connectivity index (χ0n) is 23.5. The van der Waals surface area contributed by atoms with Crippen molar-refractivity contribution in [1.82, 2.24) is 14.8 Å². The van der Waals surface area contributed by atoms with Gasteiger partial charge in [-0.25, -0.2) is 9.78 Å². The molecule has 5 aromatic rings. The maximum atomic E-state index is 13.6. The molecule has 8 nitrogen and oxygen atoms in total. The van der Waals surface area contributed by atoms with E-state index in [-0.39, 0.29) is 22.3 Å². The minimum Gasteiger partial charge on any atom is -0.455 e. The van der Waals surface area contributed by atoms with E-state index in [9.17, 15) is 9.59 Å². The van der Waals surface area contributed by atoms with E-state index in [1.54, 1.807) is 50.7 Å². The van der Waals surface area contributed by atoms with Crippen LogP contribution in [0.1, 0.15) is 60.9 Å². The molecule has 1 atom stereocenters. The molecule has 3 aromatic heterocycles. The quantitative estimate of drug-likeness (QED) is 0.181. The lowest BCUT2D eigenvalue weighted by Gasteiger charge is -2.22. The SMILES string of the molecule is Cc1cc([C@@H](C)Nc2ccc(Cl)nc2C(=O)OC(C)(C)C)c2oc(-c3ccc4c(cnn4C)c3)c(C)c(=O)c2c1. The highest BCUT2D eigenvalue weighted by atomic mass is 35.5. The Morgan fingerprint density at radius 3 is 2.60 bits per heavy atom. The second-order valence-corrected chi connectivity index (χ2v) is 11.4. The molecule has 0 saturated carbocycles. The standard InChI is InChI=1S/C31H31ClN4O4/c1-16-12-21(18(3)34-23-9-11-25(32)35-26(23)30(38)40-31(4,5)6)29-22(13-16)27(37)17(2)28(39-29)19-8-10-24-20(14-19)15-33-36(24)7/h8-15,18,34H,1-7H3/t18-/m1/s1. The normalized spacial score (nSPS) is 12.6. The first-order valence-corrected chi connectivity index (χ1v) is 13.4. The molecule has 0 aliphatic rings. The summed E-state index contributed by atoms with van der Waals surface area (Å²) in [6.07, 6.45) is 1.79.